The van der Waals surface area contributed by atoms with Gasteiger partial charge in [-0.15, -0.1) is 0 Å². The zero-order valence-electron chi connectivity index (χ0n) is 17.4. The second-order valence-corrected chi connectivity index (χ2v) is 9.80. The fourth-order valence-electron chi connectivity index (χ4n) is 3.64. The predicted molar refractivity (Wildman–Crippen MR) is 118 cm³/mol. The van der Waals surface area contributed by atoms with Crippen LogP contribution in [0.2, 0.25) is 10.3 Å². The number of fused-ring (bicyclic) bond motifs is 1. The summed E-state index contributed by atoms with van der Waals surface area (Å²) in [6, 6.07) is 1.49. The molecule has 0 bridgehead atoms. The third-order valence-corrected chi connectivity index (χ3v) is 6.57. The van der Waals surface area contributed by atoms with Crippen molar-refractivity contribution in [1.29, 1.82) is 0 Å². The second kappa shape index (κ2) is 8.67. The number of halogens is 4. The van der Waals surface area contributed by atoms with Gasteiger partial charge in [-0.25, -0.2) is 19.2 Å². The quantitative estimate of drug-likeness (QED) is 0.295. The maximum atomic E-state index is 14.9. The Morgan fingerprint density at radius 2 is 1.84 bits per heavy atom. The van der Waals surface area contributed by atoms with E-state index in [1.807, 2.05) is 0 Å². The Bertz CT molecular complexity index is 1050. The topological polar surface area (TPSA) is 81.6 Å². The van der Waals surface area contributed by atoms with E-state index in [-0.39, 0.29) is 57.3 Å². The molecule has 0 N–H and O–H groups in total. The lowest BCUT2D eigenvalue weighted by atomic mass is 9.74. The van der Waals surface area contributed by atoms with Gasteiger partial charge in [0.05, 0.1) is 22.3 Å². The largest absolute Gasteiger partial charge is 0.468 e. The highest BCUT2D eigenvalue weighted by atomic mass is 79.9. The minimum absolute atomic E-state index is 0.0363. The van der Waals surface area contributed by atoms with Gasteiger partial charge in [0.15, 0.2) is 5.82 Å². The van der Waals surface area contributed by atoms with Gasteiger partial charge in [0.25, 0.3) is 0 Å². The van der Waals surface area contributed by atoms with Crippen LogP contribution in [0.1, 0.15) is 39.3 Å². The van der Waals surface area contributed by atoms with E-state index >= 15 is 0 Å². The molecule has 0 radical (unpaired) electrons. The molecule has 7 nitrogen and oxygen atoms in total. The van der Waals surface area contributed by atoms with Gasteiger partial charge in [-0.2, -0.15) is 0 Å². The van der Waals surface area contributed by atoms with E-state index in [1.165, 1.54) is 18.1 Å². The van der Waals surface area contributed by atoms with Crippen LogP contribution in [-0.2, 0) is 19.7 Å². The monoisotopic (exact) mass is 535 g/mol. The van der Waals surface area contributed by atoms with Gasteiger partial charge in [0.1, 0.15) is 16.5 Å². The maximum Gasteiger partial charge on any atom is 0.410 e. The molecule has 0 unspecified atom stereocenters. The third kappa shape index (κ3) is 4.59. The summed E-state index contributed by atoms with van der Waals surface area (Å²) in [5.74, 6) is -1.27. The lowest BCUT2D eigenvalue weighted by molar-refractivity contribution is -0.149. The first-order valence-corrected chi connectivity index (χ1v) is 11.0. The number of piperidine rings is 1. The molecule has 0 atom stereocenters. The van der Waals surface area contributed by atoms with Crippen LogP contribution in [-0.4, -0.2) is 52.7 Å². The van der Waals surface area contributed by atoms with Gasteiger partial charge in [0.2, 0.25) is 5.28 Å². The van der Waals surface area contributed by atoms with Crippen LogP contribution in [0.15, 0.2) is 10.5 Å². The van der Waals surface area contributed by atoms with Crippen molar-refractivity contribution in [3.63, 3.8) is 0 Å². The molecule has 2 aromatic rings. The standard InChI is InChI=1S/C20H21BrCl2FN3O4/c1-19(2,3)31-18(29)27-7-5-20(6-8-27,16(28)30-4)15-10-9-11(22)12(21)13(24)14(10)25-17(23)26-15/h9H,5-8H2,1-4H3. The molecule has 1 aliphatic rings. The minimum atomic E-state index is -1.26. The molecular formula is C20H21BrCl2FN3O4. The van der Waals surface area contributed by atoms with E-state index in [2.05, 4.69) is 25.9 Å². The molecule has 0 saturated carbocycles. The van der Waals surface area contributed by atoms with Crippen LogP contribution in [0.3, 0.4) is 0 Å². The SMILES string of the molecule is COC(=O)C1(c2nc(Cl)nc3c(F)c(Br)c(Cl)cc23)CCN(C(=O)OC(C)(C)C)CC1. The molecule has 3 rings (SSSR count). The molecule has 1 fully saturated rings. The second-order valence-electron chi connectivity index (χ2n) is 8.26. The van der Waals surface area contributed by atoms with E-state index in [1.54, 1.807) is 20.8 Å². The number of esters is 1. The van der Waals surface area contributed by atoms with Crippen molar-refractivity contribution >= 4 is 62.1 Å². The normalized spacial score (nSPS) is 16.3. The van der Waals surface area contributed by atoms with E-state index in [9.17, 15) is 14.0 Å². The Labute approximate surface area is 197 Å². The molecule has 2 heterocycles. The zero-order valence-corrected chi connectivity index (χ0v) is 20.5. The Hall–Kier alpha value is -1.71. The summed E-state index contributed by atoms with van der Waals surface area (Å²) in [6.07, 6.45) is -0.123. The lowest BCUT2D eigenvalue weighted by Gasteiger charge is -2.40. The number of benzene rings is 1. The maximum absolute atomic E-state index is 14.9. The summed E-state index contributed by atoms with van der Waals surface area (Å²) in [5, 5.41) is 0.142. The molecule has 31 heavy (non-hydrogen) atoms. The van der Waals surface area contributed by atoms with Crippen LogP contribution < -0.4 is 0 Å². The van der Waals surface area contributed by atoms with Crippen LogP contribution in [0.4, 0.5) is 9.18 Å². The molecular weight excluding hydrogens is 516 g/mol. The summed E-state index contributed by atoms with van der Waals surface area (Å²) in [4.78, 5) is 35.2. The van der Waals surface area contributed by atoms with Crippen molar-refractivity contribution in [2.75, 3.05) is 20.2 Å². The molecule has 168 valence electrons. The fourth-order valence-corrected chi connectivity index (χ4v) is 4.30. The number of hydrogen-bond donors (Lipinski definition) is 0. The van der Waals surface area contributed by atoms with Crippen molar-refractivity contribution in [1.82, 2.24) is 14.9 Å². The number of ether oxygens (including phenoxy) is 2. The fraction of sp³-hybridized carbons (Fsp3) is 0.500. The van der Waals surface area contributed by atoms with Gasteiger partial charge >= 0.3 is 12.1 Å². The molecule has 0 aliphatic carbocycles. The van der Waals surface area contributed by atoms with E-state index < -0.39 is 28.9 Å². The molecule has 0 spiro atoms. The van der Waals surface area contributed by atoms with Crippen molar-refractivity contribution in [3.8, 4) is 0 Å². The summed E-state index contributed by atoms with van der Waals surface area (Å²) in [6.45, 7) is 5.75. The van der Waals surface area contributed by atoms with Gasteiger partial charge in [-0.1, -0.05) is 11.6 Å². The van der Waals surface area contributed by atoms with Crippen LogP contribution in [0.5, 0.6) is 0 Å². The summed E-state index contributed by atoms with van der Waals surface area (Å²) >= 11 is 15.4. The number of amides is 1. The average molecular weight is 537 g/mol. The Balaban J connectivity index is 2.09. The van der Waals surface area contributed by atoms with Gasteiger partial charge < -0.3 is 14.4 Å². The average Bonchev–Trinajstić information content (AvgIpc) is 2.70. The molecule has 1 aromatic carbocycles. The molecule has 1 amide bonds. The van der Waals surface area contributed by atoms with Gasteiger partial charge in [0, 0.05) is 18.5 Å². The van der Waals surface area contributed by atoms with Crippen molar-refractivity contribution in [2.24, 2.45) is 0 Å². The van der Waals surface area contributed by atoms with Crippen molar-refractivity contribution < 1.29 is 23.5 Å². The summed E-state index contributed by atoms with van der Waals surface area (Å²) in [5.41, 5.74) is -1.76. The number of nitrogens with zero attached hydrogens (tertiary/aromatic N) is 3. The van der Waals surface area contributed by atoms with Crippen molar-refractivity contribution in [2.45, 2.75) is 44.6 Å². The first-order chi connectivity index (χ1) is 14.4. The number of carbonyl (C=O) groups excluding carboxylic acids is 2. The number of rotatable bonds is 2. The molecule has 1 aromatic heterocycles. The van der Waals surface area contributed by atoms with Crippen LogP contribution >= 0.6 is 39.1 Å². The Kier molecular flexibility index (Phi) is 6.70. The highest BCUT2D eigenvalue weighted by molar-refractivity contribution is 9.10. The zero-order chi connectivity index (χ0) is 23.1. The van der Waals surface area contributed by atoms with E-state index in [4.69, 9.17) is 32.7 Å². The minimum Gasteiger partial charge on any atom is -0.468 e. The first kappa shape index (κ1) is 23.9. The number of carbonyl (C=O) groups is 2. The van der Waals surface area contributed by atoms with E-state index in [0.29, 0.717) is 0 Å². The summed E-state index contributed by atoms with van der Waals surface area (Å²) < 4.78 is 25.4. The smallest absolute Gasteiger partial charge is 0.410 e. The number of aromatic nitrogens is 2. The van der Waals surface area contributed by atoms with Gasteiger partial charge in [-0.3, -0.25) is 4.79 Å². The van der Waals surface area contributed by atoms with Crippen LogP contribution in [0, 0.1) is 5.82 Å². The lowest BCUT2D eigenvalue weighted by Crippen LogP contribution is -2.51. The molecule has 1 aliphatic heterocycles. The highest BCUT2D eigenvalue weighted by Crippen LogP contribution is 2.42. The summed E-state index contributed by atoms with van der Waals surface area (Å²) in [7, 11) is 1.26. The van der Waals surface area contributed by atoms with Gasteiger partial charge in [-0.05, 0) is 67.2 Å². The third-order valence-electron chi connectivity index (χ3n) is 5.10. The predicted octanol–water partition coefficient (Wildman–Crippen LogP) is 5.28. The van der Waals surface area contributed by atoms with E-state index in [0.717, 1.165) is 0 Å². The Morgan fingerprint density at radius 1 is 1.23 bits per heavy atom. The number of methoxy groups -OCH3 is 1. The highest BCUT2D eigenvalue weighted by Gasteiger charge is 2.48. The Morgan fingerprint density at radius 3 is 2.39 bits per heavy atom. The van der Waals surface area contributed by atoms with Crippen LogP contribution in [0.25, 0.3) is 10.9 Å². The van der Waals surface area contributed by atoms with Crippen molar-refractivity contribution in [3.05, 3.63) is 32.4 Å². The first-order valence-electron chi connectivity index (χ1n) is 9.47. The molecule has 1 saturated heterocycles. The molecule has 11 heteroatoms. The number of hydrogen-bond acceptors (Lipinski definition) is 6. The number of likely N-dealkylation sites (tertiary alicyclic amines) is 1.